The van der Waals surface area contributed by atoms with Gasteiger partial charge in [0.25, 0.3) is 0 Å². The Balaban J connectivity index is 3.76. The predicted octanol–water partition coefficient (Wildman–Crippen LogP) is -0.132. The number of nitrogens with two attached hydrogens (primary N) is 1. The van der Waals surface area contributed by atoms with Gasteiger partial charge in [-0.15, -0.1) is 0 Å². The Morgan fingerprint density at radius 1 is 2.00 bits per heavy atom. The van der Waals surface area contributed by atoms with Crippen LogP contribution in [0.2, 0.25) is 0 Å². The van der Waals surface area contributed by atoms with Crippen molar-refractivity contribution in [3.63, 3.8) is 0 Å². The lowest BCUT2D eigenvalue weighted by atomic mass is 10.6. The van der Waals surface area contributed by atoms with Gasteiger partial charge in [0.1, 0.15) is 0 Å². The Bertz CT molecular complexity index is 126. The van der Waals surface area contributed by atoms with Gasteiger partial charge < -0.3 is 5.73 Å². The SMILES string of the molecule is CCN(C#N)C(N)=O. The molecule has 0 bridgehead atoms. The highest BCUT2D eigenvalue weighted by Gasteiger charge is 2.01. The summed E-state index contributed by atoms with van der Waals surface area (Å²) < 4.78 is 0. The molecule has 0 aromatic heterocycles. The standard InChI is InChI=1S/C4H7N3O/c1-2-7(3-5)4(6)8/h2H2,1H3,(H2,6,8). The second kappa shape index (κ2) is 2.86. The summed E-state index contributed by atoms with van der Waals surface area (Å²) in [6.45, 7) is 2.01. The van der Waals surface area contributed by atoms with Crippen molar-refractivity contribution in [3.05, 3.63) is 0 Å². The fourth-order valence-electron chi connectivity index (χ4n) is 0.276. The minimum absolute atomic E-state index is 0.339. The molecular formula is C4H7N3O. The average molecular weight is 113 g/mol. The molecule has 44 valence electrons. The van der Waals surface area contributed by atoms with Crippen molar-refractivity contribution in [3.8, 4) is 6.19 Å². The Morgan fingerprint density at radius 2 is 2.50 bits per heavy atom. The van der Waals surface area contributed by atoms with Gasteiger partial charge in [0.05, 0.1) is 0 Å². The molecule has 0 unspecified atom stereocenters. The number of carbonyl (C=O) groups is 1. The number of amides is 2. The summed E-state index contributed by atoms with van der Waals surface area (Å²) in [5.41, 5.74) is 4.72. The second-order valence-corrected chi connectivity index (χ2v) is 1.18. The van der Waals surface area contributed by atoms with Crippen LogP contribution >= 0.6 is 0 Å². The molecule has 0 aliphatic heterocycles. The maximum Gasteiger partial charge on any atom is 0.327 e. The van der Waals surface area contributed by atoms with Gasteiger partial charge in [-0.3, -0.25) is 0 Å². The first kappa shape index (κ1) is 6.76. The van der Waals surface area contributed by atoms with Gasteiger partial charge in [0.15, 0.2) is 6.19 Å². The molecule has 2 N–H and O–H groups in total. The van der Waals surface area contributed by atoms with E-state index in [0.717, 1.165) is 4.90 Å². The molecule has 0 radical (unpaired) electrons. The third-order valence-corrected chi connectivity index (χ3v) is 0.703. The van der Waals surface area contributed by atoms with E-state index in [1.54, 1.807) is 13.1 Å². The lowest BCUT2D eigenvalue weighted by molar-refractivity contribution is 0.228. The molecule has 4 heteroatoms. The lowest BCUT2D eigenvalue weighted by Gasteiger charge is -2.03. The first-order chi connectivity index (χ1) is 3.72. The number of primary amides is 1. The Morgan fingerprint density at radius 3 is 2.50 bits per heavy atom. The Kier molecular flexibility index (Phi) is 2.41. The highest BCUT2D eigenvalue weighted by molar-refractivity contribution is 5.73. The van der Waals surface area contributed by atoms with Gasteiger partial charge in [0, 0.05) is 6.54 Å². The number of urea groups is 1. The number of rotatable bonds is 1. The molecule has 8 heavy (non-hydrogen) atoms. The molecule has 0 atom stereocenters. The third-order valence-electron chi connectivity index (χ3n) is 0.703. The molecule has 0 heterocycles. The van der Waals surface area contributed by atoms with Crippen LogP contribution in [0.4, 0.5) is 4.79 Å². The summed E-state index contributed by atoms with van der Waals surface area (Å²) >= 11 is 0. The topological polar surface area (TPSA) is 70.1 Å². The van der Waals surface area contributed by atoms with Gasteiger partial charge >= 0.3 is 6.03 Å². The fraction of sp³-hybridized carbons (Fsp3) is 0.500. The van der Waals surface area contributed by atoms with E-state index in [9.17, 15) is 4.79 Å². The summed E-state index contributed by atoms with van der Waals surface area (Å²) in [6.07, 6.45) is 1.61. The first-order valence-corrected chi connectivity index (χ1v) is 2.19. The van der Waals surface area contributed by atoms with E-state index in [4.69, 9.17) is 11.0 Å². The quantitative estimate of drug-likeness (QED) is 0.380. The molecule has 4 nitrogen and oxygen atoms in total. The van der Waals surface area contributed by atoms with E-state index in [1.165, 1.54) is 0 Å². The summed E-state index contributed by atoms with van der Waals surface area (Å²) in [7, 11) is 0. The van der Waals surface area contributed by atoms with Crippen molar-refractivity contribution < 1.29 is 4.79 Å². The van der Waals surface area contributed by atoms with Gasteiger partial charge in [0.2, 0.25) is 0 Å². The van der Waals surface area contributed by atoms with Crippen LogP contribution in [0.5, 0.6) is 0 Å². The van der Waals surface area contributed by atoms with E-state index in [0.29, 0.717) is 6.54 Å². The van der Waals surface area contributed by atoms with Crippen molar-refractivity contribution in [1.29, 1.82) is 5.26 Å². The summed E-state index contributed by atoms with van der Waals surface area (Å²) in [4.78, 5) is 10.9. The monoisotopic (exact) mass is 113 g/mol. The van der Waals surface area contributed by atoms with Crippen molar-refractivity contribution in [1.82, 2.24) is 4.90 Å². The van der Waals surface area contributed by atoms with Gasteiger partial charge in [-0.25, -0.2) is 9.69 Å². The normalized spacial score (nSPS) is 7.50. The molecule has 0 spiro atoms. The Labute approximate surface area is 47.5 Å². The molecule has 0 aromatic rings. The minimum atomic E-state index is -0.699. The number of nitrogens with zero attached hydrogens (tertiary/aromatic N) is 2. The van der Waals surface area contributed by atoms with Gasteiger partial charge in [-0.1, -0.05) is 0 Å². The van der Waals surface area contributed by atoms with E-state index in [2.05, 4.69) is 0 Å². The summed E-state index contributed by atoms with van der Waals surface area (Å²) in [6, 6.07) is -0.699. The molecule has 0 rings (SSSR count). The molecule has 0 aromatic carbocycles. The van der Waals surface area contributed by atoms with Crippen molar-refractivity contribution in [2.75, 3.05) is 6.54 Å². The van der Waals surface area contributed by atoms with Crippen LogP contribution < -0.4 is 5.73 Å². The number of nitriles is 1. The maximum atomic E-state index is 10.1. The molecular weight excluding hydrogens is 106 g/mol. The zero-order valence-electron chi connectivity index (χ0n) is 4.59. The zero-order valence-corrected chi connectivity index (χ0v) is 4.59. The maximum absolute atomic E-state index is 10.1. The average Bonchev–Trinajstić information content (AvgIpc) is 1.69. The molecule has 0 saturated heterocycles. The van der Waals surface area contributed by atoms with Crippen LogP contribution in [0.1, 0.15) is 6.92 Å². The van der Waals surface area contributed by atoms with E-state index in [-0.39, 0.29) is 0 Å². The Hall–Kier alpha value is -1.24. The van der Waals surface area contributed by atoms with Gasteiger partial charge in [-0.05, 0) is 6.92 Å². The third kappa shape index (κ3) is 1.47. The van der Waals surface area contributed by atoms with E-state index >= 15 is 0 Å². The molecule has 2 amide bonds. The molecule has 0 aliphatic carbocycles. The summed E-state index contributed by atoms with van der Waals surface area (Å²) in [5, 5.41) is 8.07. The van der Waals surface area contributed by atoms with Crippen LogP contribution in [0.25, 0.3) is 0 Å². The predicted molar refractivity (Wildman–Crippen MR) is 27.6 cm³/mol. The van der Waals surface area contributed by atoms with E-state index in [1.807, 2.05) is 0 Å². The van der Waals surface area contributed by atoms with E-state index < -0.39 is 6.03 Å². The first-order valence-electron chi connectivity index (χ1n) is 2.19. The van der Waals surface area contributed by atoms with Crippen LogP contribution in [0, 0.1) is 11.5 Å². The highest BCUT2D eigenvalue weighted by Crippen LogP contribution is 1.79. The van der Waals surface area contributed by atoms with Crippen molar-refractivity contribution in [2.45, 2.75) is 6.92 Å². The van der Waals surface area contributed by atoms with Crippen LogP contribution in [0.15, 0.2) is 0 Å². The molecule has 0 aliphatic rings. The van der Waals surface area contributed by atoms with Crippen molar-refractivity contribution >= 4 is 6.03 Å². The second-order valence-electron chi connectivity index (χ2n) is 1.18. The largest absolute Gasteiger partial charge is 0.351 e. The molecule has 0 saturated carbocycles. The number of hydrogen-bond donors (Lipinski definition) is 1. The number of carbonyl (C=O) groups excluding carboxylic acids is 1. The lowest BCUT2D eigenvalue weighted by Crippen LogP contribution is -2.30. The fourth-order valence-corrected chi connectivity index (χ4v) is 0.276. The minimum Gasteiger partial charge on any atom is -0.351 e. The number of hydrogen-bond acceptors (Lipinski definition) is 2. The smallest absolute Gasteiger partial charge is 0.327 e. The highest BCUT2D eigenvalue weighted by atomic mass is 16.2. The van der Waals surface area contributed by atoms with Crippen LogP contribution in [0.3, 0.4) is 0 Å². The van der Waals surface area contributed by atoms with Gasteiger partial charge in [-0.2, -0.15) is 5.26 Å². The van der Waals surface area contributed by atoms with Crippen LogP contribution in [-0.4, -0.2) is 17.5 Å². The summed E-state index contributed by atoms with van der Waals surface area (Å²) in [5.74, 6) is 0. The zero-order chi connectivity index (χ0) is 6.57. The molecule has 0 fully saturated rings. The van der Waals surface area contributed by atoms with Crippen molar-refractivity contribution in [2.24, 2.45) is 5.73 Å². The van der Waals surface area contributed by atoms with Crippen LogP contribution in [-0.2, 0) is 0 Å².